The largest absolute Gasteiger partial charge is 0.348 e. The zero-order valence-corrected chi connectivity index (χ0v) is 12.8. The average molecular weight is 298 g/mol. The molecule has 0 spiro atoms. The van der Waals surface area contributed by atoms with Crippen LogP contribution in [0.25, 0.3) is 0 Å². The Morgan fingerprint density at radius 1 is 1.45 bits per heavy atom. The molecule has 2 amide bonds. The molecule has 2 rings (SSSR count). The predicted molar refractivity (Wildman–Crippen MR) is 79.1 cm³/mol. The van der Waals surface area contributed by atoms with Gasteiger partial charge in [0.2, 0.25) is 0 Å². The van der Waals surface area contributed by atoms with Crippen molar-refractivity contribution in [2.45, 2.75) is 32.0 Å². The van der Waals surface area contributed by atoms with Crippen LogP contribution in [-0.2, 0) is 9.47 Å². The summed E-state index contributed by atoms with van der Waals surface area (Å²) < 4.78 is 11.0. The van der Waals surface area contributed by atoms with Crippen LogP contribution in [0.1, 0.15) is 31.7 Å². The third-order valence-electron chi connectivity index (χ3n) is 3.44. The minimum Gasteiger partial charge on any atom is -0.348 e. The number of hydrogen-bond donors (Lipinski definition) is 2. The van der Waals surface area contributed by atoms with Crippen molar-refractivity contribution in [2.75, 3.05) is 26.3 Å². The van der Waals surface area contributed by atoms with Crippen LogP contribution in [0.5, 0.6) is 0 Å². The van der Waals surface area contributed by atoms with Gasteiger partial charge in [0.1, 0.15) is 0 Å². The van der Waals surface area contributed by atoms with E-state index in [9.17, 15) is 4.79 Å². The van der Waals surface area contributed by atoms with Crippen LogP contribution in [0.3, 0.4) is 0 Å². The van der Waals surface area contributed by atoms with Crippen molar-refractivity contribution in [2.24, 2.45) is 0 Å². The third kappa shape index (κ3) is 4.47. The van der Waals surface area contributed by atoms with Crippen molar-refractivity contribution in [3.63, 3.8) is 0 Å². The van der Waals surface area contributed by atoms with Crippen LogP contribution in [0.2, 0.25) is 0 Å². The van der Waals surface area contributed by atoms with Crippen LogP contribution in [0.15, 0.2) is 16.8 Å². The van der Waals surface area contributed by atoms with E-state index in [0.29, 0.717) is 38.6 Å². The third-order valence-corrected chi connectivity index (χ3v) is 4.15. The van der Waals surface area contributed by atoms with Crippen LogP contribution >= 0.6 is 11.3 Å². The highest BCUT2D eigenvalue weighted by molar-refractivity contribution is 7.07. The second-order valence-electron chi connectivity index (χ2n) is 5.18. The molecule has 0 aromatic carbocycles. The number of carbonyl (C=O) groups excluding carboxylic acids is 1. The SMILES string of the molecule is CC(CNC(=O)NCCC1(C)OCCO1)c1ccsc1. The monoisotopic (exact) mass is 298 g/mol. The minimum atomic E-state index is -0.544. The second-order valence-corrected chi connectivity index (χ2v) is 5.96. The van der Waals surface area contributed by atoms with Gasteiger partial charge in [-0.25, -0.2) is 4.79 Å². The van der Waals surface area contributed by atoms with Gasteiger partial charge in [-0.15, -0.1) is 0 Å². The Balaban J connectivity index is 1.61. The van der Waals surface area contributed by atoms with Gasteiger partial charge in [-0.2, -0.15) is 11.3 Å². The summed E-state index contributed by atoms with van der Waals surface area (Å²) in [5, 5.41) is 9.87. The fourth-order valence-corrected chi connectivity index (χ4v) is 2.87. The maximum absolute atomic E-state index is 11.7. The Morgan fingerprint density at radius 3 is 2.85 bits per heavy atom. The molecule has 2 N–H and O–H groups in total. The van der Waals surface area contributed by atoms with Crippen molar-refractivity contribution in [1.82, 2.24) is 10.6 Å². The summed E-state index contributed by atoms with van der Waals surface area (Å²) in [7, 11) is 0. The van der Waals surface area contributed by atoms with Crippen LogP contribution in [0.4, 0.5) is 4.79 Å². The highest BCUT2D eigenvalue weighted by Crippen LogP contribution is 2.21. The summed E-state index contributed by atoms with van der Waals surface area (Å²) in [5.41, 5.74) is 1.26. The standard InChI is InChI=1S/C14H22N2O3S/c1-11(12-3-8-20-10-12)9-16-13(17)15-5-4-14(2)18-6-7-19-14/h3,8,10-11H,4-7,9H2,1-2H3,(H2,15,16,17). The molecule has 0 saturated carbocycles. The summed E-state index contributed by atoms with van der Waals surface area (Å²) >= 11 is 1.67. The van der Waals surface area contributed by atoms with E-state index in [4.69, 9.17) is 9.47 Å². The number of ether oxygens (including phenoxy) is 2. The van der Waals surface area contributed by atoms with Gasteiger partial charge in [0, 0.05) is 19.5 Å². The van der Waals surface area contributed by atoms with Crippen molar-refractivity contribution in [1.29, 1.82) is 0 Å². The Bertz CT molecular complexity index is 416. The zero-order valence-electron chi connectivity index (χ0n) is 12.0. The summed E-state index contributed by atoms with van der Waals surface area (Å²) in [6.07, 6.45) is 0.653. The number of hydrogen-bond acceptors (Lipinski definition) is 4. The fourth-order valence-electron chi connectivity index (χ4n) is 2.09. The lowest BCUT2D eigenvalue weighted by atomic mass is 10.1. The molecule has 0 radical (unpaired) electrons. The number of carbonyl (C=O) groups is 1. The smallest absolute Gasteiger partial charge is 0.314 e. The first kappa shape index (κ1) is 15.3. The van der Waals surface area contributed by atoms with Gasteiger partial charge in [-0.3, -0.25) is 0 Å². The number of nitrogens with one attached hydrogen (secondary N) is 2. The number of rotatable bonds is 6. The first-order valence-corrected chi connectivity index (χ1v) is 7.85. The van der Waals surface area contributed by atoms with Gasteiger partial charge in [0.15, 0.2) is 5.79 Å². The van der Waals surface area contributed by atoms with Gasteiger partial charge < -0.3 is 20.1 Å². The van der Waals surface area contributed by atoms with Crippen molar-refractivity contribution in [3.8, 4) is 0 Å². The van der Waals surface area contributed by atoms with E-state index < -0.39 is 5.79 Å². The maximum atomic E-state index is 11.7. The topological polar surface area (TPSA) is 59.6 Å². The Hall–Kier alpha value is -1.11. The van der Waals surface area contributed by atoms with E-state index in [1.165, 1.54) is 5.56 Å². The molecule has 1 saturated heterocycles. The average Bonchev–Trinajstić information content (AvgIpc) is 3.07. The molecule has 1 unspecified atom stereocenters. The number of thiophene rings is 1. The summed E-state index contributed by atoms with van der Waals surface area (Å²) in [5.74, 6) is -0.219. The van der Waals surface area contributed by atoms with E-state index in [-0.39, 0.29) is 6.03 Å². The molecule has 20 heavy (non-hydrogen) atoms. The highest BCUT2D eigenvalue weighted by Gasteiger charge is 2.30. The molecule has 1 aromatic heterocycles. The Labute approximate surface area is 123 Å². The van der Waals surface area contributed by atoms with E-state index in [1.807, 2.05) is 12.3 Å². The van der Waals surface area contributed by atoms with Crippen molar-refractivity contribution in [3.05, 3.63) is 22.4 Å². The lowest BCUT2D eigenvalue weighted by Gasteiger charge is -2.22. The first-order valence-electron chi connectivity index (χ1n) is 6.91. The molecule has 1 aliphatic heterocycles. The van der Waals surface area contributed by atoms with Crippen molar-refractivity contribution < 1.29 is 14.3 Å². The molecule has 2 heterocycles. The lowest BCUT2D eigenvalue weighted by Crippen LogP contribution is -2.40. The molecule has 6 heteroatoms. The minimum absolute atomic E-state index is 0.145. The zero-order chi connectivity index (χ0) is 14.4. The van der Waals surface area contributed by atoms with E-state index in [0.717, 1.165) is 0 Å². The maximum Gasteiger partial charge on any atom is 0.314 e. The van der Waals surface area contributed by atoms with Gasteiger partial charge in [-0.05, 0) is 35.2 Å². The Morgan fingerprint density at radius 2 is 2.20 bits per heavy atom. The van der Waals surface area contributed by atoms with E-state index >= 15 is 0 Å². The Kier molecular flexibility index (Phi) is 5.39. The second kappa shape index (κ2) is 7.06. The van der Waals surface area contributed by atoms with Gasteiger partial charge in [0.25, 0.3) is 0 Å². The fraction of sp³-hybridized carbons (Fsp3) is 0.643. The van der Waals surface area contributed by atoms with E-state index in [1.54, 1.807) is 11.3 Å². The van der Waals surface area contributed by atoms with Gasteiger partial charge in [-0.1, -0.05) is 6.92 Å². The van der Waals surface area contributed by atoms with Crippen LogP contribution in [-0.4, -0.2) is 38.1 Å². The molecule has 1 aromatic rings. The summed E-state index contributed by atoms with van der Waals surface area (Å²) in [6, 6.07) is 1.94. The van der Waals surface area contributed by atoms with Crippen LogP contribution in [0, 0.1) is 0 Å². The summed E-state index contributed by atoms with van der Waals surface area (Å²) in [6.45, 7) is 6.42. The molecule has 0 aliphatic carbocycles. The molecule has 0 bridgehead atoms. The molecule has 1 atom stereocenters. The normalized spacial score (nSPS) is 18.7. The molecular weight excluding hydrogens is 276 g/mol. The highest BCUT2D eigenvalue weighted by atomic mass is 32.1. The van der Waals surface area contributed by atoms with Gasteiger partial charge in [0.05, 0.1) is 13.2 Å². The summed E-state index contributed by atoms with van der Waals surface area (Å²) in [4.78, 5) is 11.7. The van der Waals surface area contributed by atoms with Gasteiger partial charge >= 0.3 is 6.03 Å². The molecule has 1 aliphatic rings. The number of urea groups is 1. The lowest BCUT2D eigenvalue weighted by molar-refractivity contribution is -0.145. The molecular formula is C14H22N2O3S. The van der Waals surface area contributed by atoms with E-state index in [2.05, 4.69) is 29.0 Å². The quantitative estimate of drug-likeness (QED) is 0.847. The predicted octanol–water partition coefficient (Wildman–Crippen LogP) is 2.30. The first-order chi connectivity index (χ1) is 9.59. The van der Waals surface area contributed by atoms with Crippen molar-refractivity contribution >= 4 is 17.4 Å². The molecule has 1 fully saturated rings. The molecule has 112 valence electrons. The number of amides is 2. The van der Waals surface area contributed by atoms with Crippen LogP contribution < -0.4 is 10.6 Å². The molecule has 5 nitrogen and oxygen atoms in total.